The van der Waals surface area contributed by atoms with Gasteiger partial charge in [-0.3, -0.25) is 14.4 Å². The van der Waals surface area contributed by atoms with Crippen molar-refractivity contribution in [2.45, 2.75) is 57.0 Å². The molecule has 1 atom stereocenters. The highest BCUT2D eigenvalue weighted by Gasteiger charge is 2.40. The number of carbonyl (C=O) groups is 4. The normalized spacial score (nSPS) is 12.3. The molecular weight excluding hydrogens is 536 g/mol. The van der Waals surface area contributed by atoms with Gasteiger partial charge in [0.2, 0.25) is 11.8 Å². The number of nitrogens with one attached hydrogen (secondary N) is 5. The Morgan fingerprint density at radius 3 is 1.68 bits per heavy atom. The van der Waals surface area contributed by atoms with E-state index in [0.29, 0.717) is 52.0 Å². The number of unbranched alkanes of at least 4 members (excludes halogenated alkanes) is 2. The second-order valence-electron chi connectivity index (χ2n) is 9.76. The number of carboxylic acids is 1. The van der Waals surface area contributed by atoms with Crippen molar-refractivity contribution in [3.8, 4) is 11.5 Å². The van der Waals surface area contributed by atoms with Crippen molar-refractivity contribution in [1.82, 2.24) is 26.6 Å². The number of aromatic hydroxyl groups is 2. The summed E-state index contributed by atoms with van der Waals surface area (Å²) in [4.78, 5) is 47.9. The summed E-state index contributed by atoms with van der Waals surface area (Å²) in [6.07, 6.45) is 2.96. The predicted octanol–water partition coefficient (Wildman–Crippen LogP) is -0.866. The minimum absolute atomic E-state index is 0.245. The molecule has 0 spiro atoms. The van der Waals surface area contributed by atoms with E-state index in [0.717, 1.165) is 32.4 Å². The quantitative estimate of drug-likeness (QED) is 0.0562. The van der Waals surface area contributed by atoms with E-state index in [1.165, 1.54) is 18.2 Å². The van der Waals surface area contributed by atoms with Gasteiger partial charge in [0, 0.05) is 25.2 Å². The maximum atomic E-state index is 12.2. The molecule has 0 radical (unpaired) electrons. The van der Waals surface area contributed by atoms with E-state index in [-0.39, 0.29) is 29.5 Å². The number of hydrogen-bond donors (Lipinski definition) is 10. The van der Waals surface area contributed by atoms with Gasteiger partial charge in [-0.05, 0) is 89.4 Å². The van der Waals surface area contributed by atoms with Crippen molar-refractivity contribution < 1.29 is 39.6 Å². The molecular formula is C27H46N6O8. The molecule has 1 unspecified atom stereocenters. The molecule has 0 aromatic heterocycles. The Morgan fingerprint density at radius 1 is 0.683 bits per heavy atom. The van der Waals surface area contributed by atoms with Crippen molar-refractivity contribution in [3.05, 3.63) is 23.8 Å². The summed E-state index contributed by atoms with van der Waals surface area (Å²) in [5.41, 5.74) is 3.17. The van der Waals surface area contributed by atoms with E-state index < -0.39 is 36.2 Å². The van der Waals surface area contributed by atoms with E-state index in [1.807, 2.05) is 0 Å². The molecule has 0 aliphatic carbocycles. The average molecular weight is 583 g/mol. The van der Waals surface area contributed by atoms with Crippen LogP contribution in [0.5, 0.6) is 11.5 Å². The van der Waals surface area contributed by atoms with E-state index in [4.69, 9.17) is 5.73 Å². The van der Waals surface area contributed by atoms with Crippen LogP contribution in [0.4, 0.5) is 0 Å². The summed E-state index contributed by atoms with van der Waals surface area (Å²) >= 11 is 0. The van der Waals surface area contributed by atoms with Gasteiger partial charge >= 0.3 is 5.97 Å². The number of carbonyl (C=O) groups excluding carboxylic acids is 3. The van der Waals surface area contributed by atoms with Crippen LogP contribution in [0.3, 0.4) is 0 Å². The molecule has 232 valence electrons. The summed E-state index contributed by atoms with van der Waals surface area (Å²) in [6, 6.07) is 3.85. The molecule has 1 rings (SSSR count). The van der Waals surface area contributed by atoms with Gasteiger partial charge in [-0.2, -0.15) is 0 Å². The standard InChI is InChI=1S/C27H46N6O8/c28-9-5-12-29-10-1-3-14-31-23(36)18-27(41,26(39)40)19-24(37)32-15-4-2-11-30-13-6-16-33-25(38)20-7-8-21(34)22(35)17-20/h7-8,17,29-30,34-35,41H,1-6,9-16,18-19,28H2,(H,31,36)(H,32,37)(H,33,38)(H,39,40). The van der Waals surface area contributed by atoms with Crippen LogP contribution in [0.15, 0.2) is 18.2 Å². The lowest BCUT2D eigenvalue weighted by molar-refractivity contribution is -0.164. The number of nitrogens with two attached hydrogens (primary N) is 1. The predicted molar refractivity (Wildman–Crippen MR) is 152 cm³/mol. The first kappa shape index (κ1) is 35.6. The maximum Gasteiger partial charge on any atom is 0.336 e. The first-order chi connectivity index (χ1) is 19.6. The summed E-state index contributed by atoms with van der Waals surface area (Å²) in [7, 11) is 0. The molecule has 1 aromatic rings. The number of phenolic OH excluding ortho intramolecular Hbond substituents is 2. The summed E-state index contributed by atoms with van der Waals surface area (Å²) in [5, 5.41) is 52.9. The molecule has 0 fully saturated rings. The Bertz CT molecular complexity index is 964. The first-order valence-corrected chi connectivity index (χ1v) is 14.0. The lowest BCUT2D eigenvalue weighted by atomic mass is 9.94. The highest BCUT2D eigenvalue weighted by molar-refractivity contribution is 5.94. The van der Waals surface area contributed by atoms with Crippen LogP contribution in [-0.4, -0.2) is 102 Å². The topological polar surface area (TPSA) is 235 Å². The monoisotopic (exact) mass is 582 g/mol. The Hall–Kier alpha value is -3.46. The first-order valence-electron chi connectivity index (χ1n) is 14.0. The molecule has 0 aliphatic rings. The zero-order valence-electron chi connectivity index (χ0n) is 23.5. The molecule has 14 heteroatoms. The third-order valence-corrected chi connectivity index (χ3v) is 6.12. The van der Waals surface area contributed by atoms with E-state index in [1.54, 1.807) is 0 Å². The Labute approximate surface area is 240 Å². The fourth-order valence-electron chi connectivity index (χ4n) is 3.73. The van der Waals surface area contributed by atoms with Crippen LogP contribution in [0, 0.1) is 0 Å². The number of carboxylic acid groups (broad SMARTS) is 1. The number of rotatable bonds is 23. The average Bonchev–Trinajstić information content (AvgIpc) is 2.92. The highest BCUT2D eigenvalue weighted by Crippen LogP contribution is 2.24. The minimum atomic E-state index is -2.49. The third-order valence-electron chi connectivity index (χ3n) is 6.12. The van der Waals surface area contributed by atoms with Crippen molar-refractivity contribution in [3.63, 3.8) is 0 Å². The number of aliphatic carboxylic acids is 1. The number of aliphatic hydroxyl groups is 1. The second-order valence-corrected chi connectivity index (χ2v) is 9.76. The lowest BCUT2D eigenvalue weighted by Gasteiger charge is -2.22. The molecule has 11 N–H and O–H groups in total. The van der Waals surface area contributed by atoms with Gasteiger partial charge in [0.1, 0.15) is 0 Å². The summed E-state index contributed by atoms with van der Waals surface area (Å²) in [6.45, 7) is 4.59. The van der Waals surface area contributed by atoms with Crippen LogP contribution in [0.25, 0.3) is 0 Å². The van der Waals surface area contributed by atoms with Crippen LogP contribution < -0.4 is 32.3 Å². The second kappa shape index (κ2) is 20.4. The Kier molecular flexibility index (Phi) is 17.7. The van der Waals surface area contributed by atoms with Gasteiger partial charge in [0.05, 0.1) is 12.8 Å². The number of amides is 3. The summed E-state index contributed by atoms with van der Waals surface area (Å²) in [5.74, 6) is -3.93. The largest absolute Gasteiger partial charge is 0.504 e. The minimum Gasteiger partial charge on any atom is -0.504 e. The van der Waals surface area contributed by atoms with Gasteiger partial charge in [-0.1, -0.05) is 0 Å². The lowest BCUT2D eigenvalue weighted by Crippen LogP contribution is -2.47. The van der Waals surface area contributed by atoms with Crippen LogP contribution in [0.1, 0.15) is 61.7 Å². The molecule has 0 heterocycles. The molecule has 3 amide bonds. The molecule has 0 bridgehead atoms. The third kappa shape index (κ3) is 15.8. The van der Waals surface area contributed by atoms with Crippen molar-refractivity contribution in [1.29, 1.82) is 0 Å². The van der Waals surface area contributed by atoms with Gasteiger partial charge in [-0.15, -0.1) is 0 Å². The van der Waals surface area contributed by atoms with Gasteiger partial charge in [0.15, 0.2) is 17.1 Å². The van der Waals surface area contributed by atoms with Crippen molar-refractivity contribution in [2.75, 3.05) is 52.4 Å². The molecule has 0 saturated heterocycles. The molecule has 41 heavy (non-hydrogen) atoms. The zero-order valence-corrected chi connectivity index (χ0v) is 23.5. The Morgan fingerprint density at radius 2 is 1.17 bits per heavy atom. The van der Waals surface area contributed by atoms with Gasteiger partial charge in [0.25, 0.3) is 5.91 Å². The van der Waals surface area contributed by atoms with E-state index in [9.17, 15) is 39.6 Å². The molecule has 0 saturated carbocycles. The number of benzene rings is 1. The van der Waals surface area contributed by atoms with E-state index in [2.05, 4.69) is 26.6 Å². The Balaban J connectivity index is 2.13. The van der Waals surface area contributed by atoms with Gasteiger partial charge < -0.3 is 52.7 Å². The molecule has 14 nitrogen and oxygen atoms in total. The molecule has 0 aliphatic heterocycles. The van der Waals surface area contributed by atoms with Crippen molar-refractivity contribution >= 4 is 23.7 Å². The smallest absolute Gasteiger partial charge is 0.336 e. The number of phenols is 2. The SMILES string of the molecule is NCCCNCCCCNC(=O)CC(O)(CC(=O)NCCCCNCCCNC(=O)c1ccc(O)c(O)c1)C(=O)O. The number of hydrogen-bond acceptors (Lipinski definition) is 10. The molecule has 1 aromatic carbocycles. The van der Waals surface area contributed by atoms with Crippen molar-refractivity contribution in [2.24, 2.45) is 5.73 Å². The van der Waals surface area contributed by atoms with Crippen LogP contribution in [-0.2, 0) is 14.4 Å². The van der Waals surface area contributed by atoms with E-state index >= 15 is 0 Å². The fourth-order valence-corrected chi connectivity index (χ4v) is 3.73. The highest BCUT2D eigenvalue weighted by atomic mass is 16.4. The van der Waals surface area contributed by atoms with Gasteiger partial charge in [-0.25, -0.2) is 4.79 Å². The zero-order chi connectivity index (χ0) is 30.5. The maximum absolute atomic E-state index is 12.2. The van der Waals surface area contributed by atoms with Crippen LogP contribution >= 0.6 is 0 Å². The summed E-state index contributed by atoms with van der Waals surface area (Å²) < 4.78 is 0. The fraction of sp³-hybridized carbons (Fsp3) is 0.630. The van der Waals surface area contributed by atoms with Crippen LogP contribution in [0.2, 0.25) is 0 Å².